The molecule has 7 heteroatoms. The third kappa shape index (κ3) is 3.94. The second-order valence-corrected chi connectivity index (χ2v) is 6.89. The molecule has 0 aromatic heterocycles. The van der Waals surface area contributed by atoms with E-state index in [2.05, 4.69) is 9.46 Å². The summed E-state index contributed by atoms with van der Waals surface area (Å²) in [7, 11) is -2.59. The summed E-state index contributed by atoms with van der Waals surface area (Å²) in [6.45, 7) is 5.11. The Morgan fingerprint density at radius 2 is 1.95 bits per heavy atom. The first-order valence-corrected chi connectivity index (χ1v) is 7.91. The van der Waals surface area contributed by atoms with Gasteiger partial charge in [-0.2, -0.15) is 4.72 Å². The highest BCUT2D eigenvalue weighted by molar-refractivity contribution is 7.89. The molecule has 0 amide bonds. The van der Waals surface area contributed by atoms with E-state index in [1.54, 1.807) is 26.8 Å². The van der Waals surface area contributed by atoms with Gasteiger partial charge in [0.25, 0.3) is 0 Å². The van der Waals surface area contributed by atoms with Crippen molar-refractivity contribution in [3.8, 4) is 0 Å². The van der Waals surface area contributed by atoms with Crippen LogP contribution in [0.2, 0.25) is 5.02 Å². The summed E-state index contributed by atoms with van der Waals surface area (Å²) in [5.41, 5.74) is 0.511. The zero-order valence-electron chi connectivity index (χ0n) is 11.8. The molecule has 0 spiro atoms. The Bertz CT molecular complexity index is 598. The number of halogens is 1. The maximum Gasteiger partial charge on any atom is 0.324 e. The lowest BCUT2D eigenvalue weighted by molar-refractivity contribution is -0.143. The van der Waals surface area contributed by atoms with Crippen LogP contribution in [-0.4, -0.2) is 27.5 Å². The van der Waals surface area contributed by atoms with Crippen LogP contribution in [0.1, 0.15) is 19.4 Å². The summed E-state index contributed by atoms with van der Waals surface area (Å²) >= 11 is 5.81. The largest absolute Gasteiger partial charge is 0.468 e. The van der Waals surface area contributed by atoms with E-state index in [0.29, 0.717) is 10.6 Å². The Morgan fingerprint density at radius 1 is 1.35 bits per heavy atom. The Balaban J connectivity index is 3.13. The van der Waals surface area contributed by atoms with Crippen LogP contribution in [-0.2, 0) is 19.6 Å². The lowest BCUT2D eigenvalue weighted by atomic mass is 10.1. The summed E-state index contributed by atoms with van der Waals surface area (Å²) in [5, 5.41) is 0.454. The van der Waals surface area contributed by atoms with Gasteiger partial charge in [-0.3, -0.25) is 4.79 Å². The number of benzene rings is 1. The molecule has 1 aromatic rings. The third-order valence-electron chi connectivity index (χ3n) is 2.83. The molecule has 1 rings (SSSR count). The zero-order valence-corrected chi connectivity index (χ0v) is 13.4. The topological polar surface area (TPSA) is 72.5 Å². The molecule has 0 aliphatic rings. The number of methoxy groups -OCH3 is 1. The number of carbonyl (C=O) groups excluding carboxylic acids is 1. The average molecular weight is 320 g/mol. The van der Waals surface area contributed by atoms with E-state index in [9.17, 15) is 13.2 Å². The normalized spacial score (nSPS) is 13.3. The first kappa shape index (κ1) is 16.9. The van der Waals surface area contributed by atoms with E-state index in [0.717, 1.165) is 0 Å². The fraction of sp³-hybridized carbons (Fsp3) is 0.462. The molecule has 1 atom stereocenters. The number of sulfonamides is 1. The minimum absolute atomic E-state index is 0.0939. The van der Waals surface area contributed by atoms with Gasteiger partial charge in [-0.1, -0.05) is 25.4 Å². The molecule has 1 unspecified atom stereocenters. The molecule has 5 nitrogen and oxygen atoms in total. The Labute approximate surface area is 124 Å². The van der Waals surface area contributed by atoms with Crippen molar-refractivity contribution in [3.05, 3.63) is 28.8 Å². The summed E-state index contributed by atoms with van der Waals surface area (Å²) in [5.74, 6) is -0.847. The van der Waals surface area contributed by atoms with Crippen molar-refractivity contribution in [1.29, 1.82) is 0 Å². The number of esters is 1. The van der Waals surface area contributed by atoms with Gasteiger partial charge in [-0.15, -0.1) is 0 Å². The SMILES string of the molecule is COC(=O)C(NS(=O)(=O)c1ccc(Cl)cc1C)C(C)C. The van der Waals surface area contributed by atoms with Crippen LogP contribution in [0.5, 0.6) is 0 Å². The Morgan fingerprint density at radius 3 is 2.40 bits per heavy atom. The van der Waals surface area contributed by atoms with Crippen LogP contribution in [0.15, 0.2) is 23.1 Å². The standard InChI is InChI=1S/C13H18ClNO4S/c1-8(2)12(13(16)19-4)15-20(17,18)11-6-5-10(14)7-9(11)3/h5-8,12,15H,1-4H3. The maximum atomic E-state index is 12.3. The molecule has 20 heavy (non-hydrogen) atoms. The molecule has 0 bridgehead atoms. The van der Waals surface area contributed by atoms with Crippen LogP contribution in [0.4, 0.5) is 0 Å². The number of ether oxygens (including phenoxy) is 1. The van der Waals surface area contributed by atoms with Crippen molar-refractivity contribution < 1.29 is 17.9 Å². The van der Waals surface area contributed by atoms with Crippen molar-refractivity contribution >= 4 is 27.6 Å². The molecule has 0 aliphatic carbocycles. The highest BCUT2D eigenvalue weighted by atomic mass is 35.5. The molecular formula is C13H18ClNO4S. The minimum Gasteiger partial charge on any atom is -0.468 e. The van der Waals surface area contributed by atoms with Crippen molar-refractivity contribution in [2.45, 2.75) is 31.7 Å². The fourth-order valence-corrected chi connectivity index (χ4v) is 3.51. The highest BCUT2D eigenvalue weighted by Crippen LogP contribution is 2.20. The van der Waals surface area contributed by atoms with Crippen molar-refractivity contribution in [2.24, 2.45) is 5.92 Å². The van der Waals surface area contributed by atoms with Crippen LogP contribution < -0.4 is 4.72 Å². The van der Waals surface area contributed by atoms with Gasteiger partial charge < -0.3 is 4.74 Å². The number of nitrogens with one attached hydrogen (secondary N) is 1. The van der Waals surface area contributed by atoms with Gasteiger partial charge in [0.05, 0.1) is 12.0 Å². The van der Waals surface area contributed by atoms with Gasteiger partial charge in [0, 0.05) is 5.02 Å². The van der Waals surface area contributed by atoms with Crippen molar-refractivity contribution in [1.82, 2.24) is 4.72 Å². The van der Waals surface area contributed by atoms with E-state index in [1.807, 2.05) is 0 Å². The van der Waals surface area contributed by atoms with Gasteiger partial charge in [0.15, 0.2) is 0 Å². The smallest absolute Gasteiger partial charge is 0.324 e. The van der Waals surface area contributed by atoms with Gasteiger partial charge in [-0.25, -0.2) is 8.42 Å². The lowest BCUT2D eigenvalue weighted by Crippen LogP contribution is -2.45. The summed E-state index contributed by atoms with van der Waals surface area (Å²) in [6.07, 6.45) is 0. The predicted molar refractivity (Wildman–Crippen MR) is 77.2 cm³/mol. The Hall–Kier alpha value is -1.11. The van der Waals surface area contributed by atoms with Gasteiger partial charge >= 0.3 is 5.97 Å². The van der Waals surface area contributed by atoms with Crippen LogP contribution in [0, 0.1) is 12.8 Å². The molecule has 0 aliphatic heterocycles. The molecular weight excluding hydrogens is 302 g/mol. The Kier molecular flexibility index (Phi) is 5.56. The van der Waals surface area contributed by atoms with E-state index >= 15 is 0 Å². The molecule has 0 heterocycles. The quantitative estimate of drug-likeness (QED) is 0.844. The number of hydrogen-bond acceptors (Lipinski definition) is 4. The highest BCUT2D eigenvalue weighted by Gasteiger charge is 2.29. The molecule has 1 N–H and O–H groups in total. The van der Waals surface area contributed by atoms with Gasteiger partial charge in [-0.05, 0) is 36.6 Å². The first-order valence-electron chi connectivity index (χ1n) is 6.05. The number of hydrogen-bond donors (Lipinski definition) is 1. The summed E-state index contributed by atoms with van der Waals surface area (Å²) < 4.78 is 31.7. The van der Waals surface area contributed by atoms with Crippen molar-refractivity contribution in [2.75, 3.05) is 7.11 Å². The summed E-state index contributed by atoms with van der Waals surface area (Å²) in [6, 6.07) is 3.53. The van der Waals surface area contributed by atoms with E-state index in [-0.39, 0.29) is 10.8 Å². The van der Waals surface area contributed by atoms with Crippen LogP contribution >= 0.6 is 11.6 Å². The fourth-order valence-electron chi connectivity index (χ4n) is 1.73. The van der Waals surface area contributed by atoms with Gasteiger partial charge in [0.1, 0.15) is 6.04 Å². The molecule has 1 aromatic carbocycles. The van der Waals surface area contributed by atoms with Gasteiger partial charge in [0.2, 0.25) is 10.0 Å². The summed E-state index contributed by atoms with van der Waals surface area (Å²) in [4.78, 5) is 11.7. The maximum absolute atomic E-state index is 12.3. The second-order valence-electron chi connectivity index (χ2n) is 4.78. The molecule has 0 fully saturated rings. The predicted octanol–water partition coefficient (Wildman–Crippen LogP) is 2.12. The second kappa shape index (κ2) is 6.56. The zero-order chi connectivity index (χ0) is 15.5. The first-order chi connectivity index (χ1) is 9.19. The molecule has 0 saturated carbocycles. The van der Waals surface area contributed by atoms with Crippen LogP contribution in [0.25, 0.3) is 0 Å². The number of aryl methyl sites for hydroxylation is 1. The third-order valence-corrected chi connectivity index (χ3v) is 4.67. The van der Waals surface area contributed by atoms with E-state index < -0.39 is 22.0 Å². The lowest BCUT2D eigenvalue weighted by Gasteiger charge is -2.20. The van der Waals surface area contributed by atoms with Crippen molar-refractivity contribution in [3.63, 3.8) is 0 Å². The number of carbonyl (C=O) groups is 1. The molecule has 0 saturated heterocycles. The van der Waals surface area contributed by atoms with Crippen LogP contribution in [0.3, 0.4) is 0 Å². The minimum atomic E-state index is -3.82. The molecule has 112 valence electrons. The average Bonchev–Trinajstić information content (AvgIpc) is 2.34. The monoisotopic (exact) mass is 319 g/mol. The number of rotatable bonds is 5. The molecule has 0 radical (unpaired) electrons. The van der Waals surface area contributed by atoms with E-state index in [4.69, 9.17) is 11.6 Å². The van der Waals surface area contributed by atoms with E-state index in [1.165, 1.54) is 19.2 Å².